The molecule has 0 amide bonds. The highest BCUT2D eigenvalue weighted by atomic mass is 19.1. The molecule has 122 valence electrons. The third-order valence-corrected chi connectivity index (χ3v) is 2.81. The molecular weight excluding hydrogens is 312 g/mol. The zero-order chi connectivity index (χ0) is 16.8. The van der Waals surface area contributed by atoms with E-state index in [-0.39, 0.29) is 19.0 Å². The highest BCUT2D eigenvalue weighted by Gasteiger charge is 2.13. The summed E-state index contributed by atoms with van der Waals surface area (Å²) in [5, 5.41) is 20.2. The normalized spacial score (nSPS) is 11.8. The molecule has 0 aliphatic rings. The van der Waals surface area contributed by atoms with Gasteiger partial charge in [0.15, 0.2) is 11.6 Å². The zero-order valence-corrected chi connectivity index (χ0v) is 11.8. The van der Waals surface area contributed by atoms with Crippen molar-refractivity contribution in [2.24, 2.45) is 0 Å². The quantitative estimate of drug-likeness (QED) is 0.625. The number of rotatable bonds is 7. The number of aliphatic hydroxyl groups is 1. The number of aliphatic hydroxyl groups excluding tert-OH is 1. The summed E-state index contributed by atoms with van der Waals surface area (Å²) in [5.41, 5.74) is -0.393. The SMILES string of the molecule is O=[N+]([O-])c1ccc(OCC(O)COc2ccc(F)cc2)c(F)c1. The average molecular weight is 325 g/mol. The fraction of sp³-hybridized carbons (Fsp3) is 0.200. The second-order valence-corrected chi connectivity index (χ2v) is 4.60. The second-order valence-electron chi connectivity index (χ2n) is 4.60. The van der Waals surface area contributed by atoms with Gasteiger partial charge in [-0.1, -0.05) is 0 Å². The lowest BCUT2D eigenvalue weighted by Gasteiger charge is -2.14. The minimum Gasteiger partial charge on any atom is -0.491 e. The molecule has 6 nitrogen and oxygen atoms in total. The number of nitrogens with zero attached hydrogens (tertiary/aromatic N) is 1. The van der Waals surface area contributed by atoms with E-state index in [1.165, 1.54) is 24.3 Å². The van der Waals surface area contributed by atoms with Crippen molar-refractivity contribution in [3.63, 3.8) is 0 Å². The van der Waals surface area contributed by atoms with Gasteiger partial charge in [-0.25, -0.2) is 8.78 Å². The highest BCUT2D eigenvalue weighted by molar-refractivity contribution is 5.37. The Morgan fingerprint density at radius 3 is 2.35 bits per heavy atom. The maximum Gasteiger partial charge on any atom is 0.272 e. The van der Waals surface area contributed by atoms with E-state index >= 15 is 0 Å². The van der Waals surface area contributed by atoms with Crippen LogP contribution < -0.4 is 9.47 Å². The molecular formula is C15H13F2NO5. The van der Waals surface area contributed by atoms with E-state index in [1.54, 1.807) is 0 Å². The topological polar surface area (TPSA) is 81.8 Å². The van der Waals surface area contributed by atoms with Crippen molar-refractivity contribution in [2.45, 2.75) is 6.10 Å². The Bertz CT molecular complexity index is 678. The summed E-state index contributed by atoms with van der Waals surface area (Å²) in [5.74, 6) is -1.15. The van der Waals surface area contributed by atoms with Gasteiger partial charge in [0.2, 0.25) is 0 Å². The van der Waals surface area contributed by atoms with Crippen molar-refractivity contribution < 1.29 is 28.3 Å². The molecule has 2 aromatic rings. The third kappa shape index (κ3) is 4.89. The first kappa shape index (κ1) is 16.6. The lowest BCUT2D eigenvalue weighted by atomic mass is 10.3. The Balaban J connectivity index is 1.83. The molecule has 0 aliphatic heterocycles. The first-order chi connectivity index (χ1) is 11.0. The van der Waals surface area contributed by atoms with Crippen LogP contribution in [0.2, 0.25) is 0 Å². The van der Waals surface area contributed by atoms with Gasteiger partial charge in [-0.05, 0) is 30.3 Å². The molecule has 1 atom stereocenters. The highest BCUT2D eigenvalue weighted by Crippen LogP contribution is 2.22. The van der Waals surface area contributed by atoms with Gasteiger partial charge < -0.3 is 14.6 Å². The Morgan fingerprint density at radius 2 is 1.74 bits per heavy atom. The molecule has 8 heteroatoms. The summed E-state index contributed by atoms with van der Waals surface area (Å²) >= 11 is 0. The number of hydrogen-bond donors (Lipinski definition) is 1. The Morgan fingerprint density at radius 1 is 1.09 bits per heavy atom. The molecule has 2 rings (SSSR count). The summed E-state index contributed by atoms with van der Waals surface area (Å²) in [6.45, 7) is -0.407. The third-order valence-electron chi connectivity index (χ3n) is 2.81. The number of nitro benzene ring substituents is 1. The van der Waals surface area contributed by atoms with E-state index in [0.717, 1.165) is 18.2 Å². The summed E-state index contributed by atoms with van der Waals surface area (Å²) in [6.07, 6.45) is -1.06. The van der Waals surface area contributed by atoms with Gasteiger partial charge in [0.05, 0.1) is 11.0 Å². The lowest BCUT2D eigenvalue weighted by molar-refractivity contribution is -0.385. The van der Waals surface area contributed by atoms with Crippen molar-refractivity contribution in [1.82, 2.24) is 0 Å². The Kier molecular flexibility index (Phi) is 5.42. The maximum absolute atomic E-state index is 13.6. The van der Waals surface area contributed by atoms with Crippen LogP contribution in [0.15, 0.2) is 42.5 Å². The smallest absolute Gasteiger partial charge is 0.272 e. The molecule has 0 radical (unpaired) electrons. The second kappa shape index (κ2) is 7.50. The number of halogens is 2. The number of nitro groups is 1. The van der Waals surface area contributed by atoms with E-state index in [2.05, 4.69) is 0 Å². The molecule has 0 aromatic heterocycles. The van der Waals surface area contributed by atoms with Gasteiger partial charge in [-0.15, -0.1) is 0 Å². The number of ether oxygens (including phenoxy) is 2. The molecule has 0 bridgehead atoms. The fourth-order valence-electron chi connectivity index (χ4n) is 1.68. The minimum absolute atomic E-state index is 0.139. The van der Waals surface area contributed by atoms with Crippen LogP contribution in [-0.2, 0) is 0 Å². The van der Waals surface area contributed by atoms with Gasteiger partial charge in [0.25, 0.3) is 5.69 Å². The summed E-state index contributed by atoms with van der Waals surface area (Å²) in [7, 11) is 0. The first-order valence-electron chi connectivity index (χ1n) is 6.59. The number of hydrogen-bond acceptors (Lipinski definition) is 5. The van der Waals surface area contributed by atoms with Crippen LogP contribution in [-0.4, -0.2) is 29.3 Å². The molecule has 1 unspecified atom stereocenters. The first-order valence-corrected chi connectivity index (χ1v) is 6.59. The fourth-order valence-corrected chi connectivity index (χ4v) is 1.68. The van der Waals surface area contributed by atoms with Crippen molar-refractivity contribution in [3.05, 3.63) is 64.2 Å². The van der Waals surface area contributed by atoms with Crippen molar-refractivity contribution in [3.8, 4) is 11.5 Å². The van der Waals surface area contributed by atoms with E-state index in [1.807, 2.05) is 0 Å². The van der Waals surface area contributed by atoms with Crippen LogP contribution in [0.1, 0.15) is 0 Å². The van der Waals surface area contributed by atoms with E-state index < -0.39 is 28.3 Å². The van der Waals surface area contributed by atoms with Crippen LogP contribution >= 0.6 is 0 Å². The van der Waals surface area contributed by atoms with Gasteiger partial charge in [-0.2, -0.15) is 0 Å². The van der Waals surface area contributed by atoms with Gasteiger partial charge in [0.1, 0.15) is 30.9 Å². The minimum atomic E-state index is -1.06. The van der Waals surface area contributed by atoms with E-state index in [4.69, 9.17) is 9.47 Å². The predicted octanol–water partition coefficient (Wildman–Crippen LogP) is 2.69. The summed E-state index contributed by atoms with van der Waals surface area (Å²) in [4.78, 5) is 9.77. The predicted molar refractivity (Wildman–Crippen MR) is 76.5 cm³/mol. The number of benzene rings is 2. The molecule has 1 N–H and O–H groups in total. The Hall–Kier alpha value is -2.74. The van der Waals surface area contributed by atoms with Crippen LogP contribution in [0.4, 0.5) is 14.5 Å². The summed E-state index contributed by atoms with van der Waals surface area (Å²) in [6, 6.07) is 8.17. The van der Waals surface area contributed by atoms with Crippen LogP contribution in [0.5, 0.6) is 11.5 Å². The molecule has 0 spiro atoms. The maximum atomic E-state index is 13.6. The monoisotopic (exact) mass is 325 g/mol. The average Bonchev–Trinajstić information content (AvgIpc) is 2.53. The van der Waals surface area contributed by atoms with Crippen LogP contribution in [0, 0.1) is 21.7 Å². The largest absolute Gasteiger partial charge is 0.491 e. The van der Waals surface area contributed by atoms with Crippen LogP contribution in [0.3, 0.4) is 0 Å². The molecule has 0 aliphatic carbocycles. The number of non-ortho nitro benzene ring substituents is 1. The Labute approximate surface area is 130 Å². The van der Waals surface area contributed by atoms with Crippen LogP contribution in [0.25, 0.3) is 0 Å². The molecule has 0 fully saturated rings. The van der Waals surface area contributed by atoms with Crippen molar-refractivity contribution in [2.75, 3.05) is 13.2 Å². The molecule has 0 heterocycles. The summed E-state index contributed by atoms with van der Waals surface area (Å²) < 4.78 is 36.5. The molecule has 0 saturated carbocycles. The van der Waals surface area contributed by atoms with Gasteiger partial charge >= 0.3 is 0 Å². The lowest BCUT2D eigenvalue weighted by Crippen LogP contribution is -2.25. The van der Waals surface area contributed by atoms with Gasteiger partial charge in [-0.3, -0.25) is 10.1 Å². The van der Waals surface area contributed by atoms with E-state index in [0.29, 0.717) is 5.75 Å². The zero-order valence-electron chi connectivity index (χ0n) is 11.8. The van der Waals surface area contributed by atoms with Crippen molar-refractivity contribution >= 4 is 5.69 Å². The molecule has 2 aromatic carbocycles. The molecule has 23 heavy (non-hydrogen) atoms. The van der Waals surface area contributed by atoms with E-state index in [9.17, 15) is 24.0 Å². The van der Waals surface area contributed by atoms with Gasteiger partial charge in [0, 0.05) is 6.07 Å². The molecule has 0 saturated heterocycles. The standard InChI is InChI=1S/C15H13F2NO5/c16-10-1-4-13(5-2-10)22-8-12(19)9-23-15-6-3-11(18(20)21)7-14(15)17/h1-7,12,19H,8-9H2. The van der Waals surface area contributed by atoms with Crippen molar-refractivity contribution in [1.29, 1.82) is 0 Å².